The molecule has 1 heterocycles. The average molecular weight is 301 g/mol. The summed E-state index contributed by atoms with van der Waals surface area (Å²) in [6.45, 7) is 0. The van der Waals surface area contributed by atoms with Gasteiger partial charge in [0.1, 0.15) is 6.04 Å². The third-order valence-electron chi connectivity index (χ3n) is 4.28. The first-order valence-corrected chi connectivity index (χ1v) is 8.49. The summed E-state index contributed by atoms with van der Waals surface area (Å²) in [4.78, 5) is 21.2. The van der Waals surface area contributed by atoms with Crippen LogP contribution in [0.15, 0.2) is 0 Å². The molecule has 2 fully saturated rings. The summed E-state index contributed by atoms with van der Waals surface area (Å²) in [6.07, 6.45) is 8.53. The van der Waals surface area contributed by atoms with Crippen LogP contribution in [0.1, 0.15) is 44.9 Å². The van der Waals surface area contributed by atoms with Gasteiger partial charge in [0.15, 0.2) is 0 Å². The molecular formula is C14H23NO4S. The first kappa shape index (κ1) is 15.6. The molecule has 1 saturated heterocycles. The fraction of sp³-hybridized carbons (Fsp3) is 0.857. The fourth-order valence-corrected chi connectivity index (χ4v) is 4.24. The Morgan fingerprint density at radius 1 is 1.45 bits per heavy atom. The molecule has 5 nitrogen and oxygen atoms in total. The number of carbonyl (C=O) groups excluding carboxylic acids is 1. The Bertz CT molecular complexity index is 344. The highest BCUT2D eigenvalue weighted by atomic mass is 32.2. The number of carboxylic acids is 1. The van der Waals surface area contributed by atoms with E-state index in [1.807, 2.05) is 0 Å². The summed E-state index contributed by atoms with van der Waals surface area (Å²) in [5.74, 6) is 0.680. The van der Waals surface area contributed by atoms with Gasteiger partial charge in [-0.05, 0) is 37.9 Å². The number of carbonyl (C=O) groups is 2. The molecule has 2 rings (SSSR count). The summed E-state index contributed by atoms with van der Waals surface area (Å²) in [6, 6.07) is -0.773. The normalized spacial score (nSPS) is 25.7. The summed E-state index contributed by atoms with van der Waals surface area (Å²) >= 11 is 1.72. The van der Waals surface area contributed by atoms with Crippen molar-refractivity contribution in [1.29, 1.82) is 0 Å². The highest BCUT2D eigenvalue weighted by Gasteiger charge is 2.41. The molecule has 0 bridgehead atoms. The highest BCUT2D eigenvalue weighted by Crippen LogP contribution is 2.43. The van der Waals surface area contributed by atoms with Crippen LogP contribution < -0.4 is 5.32 Å². The maximum absolute atomic E-state index is 10.9. The van der Waals surface area contributed by atoms with Crippen molar-refractivity contribution in [3.05, 3.63) is 0 Å². The number of aliphatic carboxylic acids is 1. The van der Waals surface area contributed by atoms with Crippen LogP contribution in [-0.2, 0) is 14.3 Å². The van der Waals surface area contributed by atoms with Gasteiger partial charge in [0.25, 0.3) is 0 Å². The van der Waals surface area contributed by atoms with Crippen molar-refractivity contribution in [2.45, 2.75) is 62.7 Å². The first-order chi connectivity index (χ1) is 9.65. The zero-order valence-electron chi connectivity index (χ0n) is 11.7. The molecule has 2 unspecified atom stereocenters. The first-order valence-electron chi connectivity index (χ1n) is 7.33. The second-order valence-electron chi connectivity index (χ2n) is 5.71. The Kier molecular flexibility index (Phi) is 5.72. The van der Waals surface area contributed by atoms with Gasteiger partial charge in [0.2, 0.25) is 6.41 Å². The Balaban J connectivity index is 1.61. The highest BCUT2D eigenvalue weighted by molar-refractivity contribution is 7.99. The minimum atomic E-state index is -0.972. The molecule has 0 aromatic heterocycles. The maximum Gasteiger partial charge on any atom is 0.326 e. The van der Waals surface area contributed by atoms with E-state index < -0.39 is 12.0 Å². The smallest absolute Gasteiger partial charge is 0.326 e. The molecule has 2 N–H and O–H groups in total. The van der Waals surface area contributed by atoms with Crippen molar-refractivity contribution < 1.29 is 19.4 Å². The van der Waals surface area contributed by atoms with Crippen LogP contribution in [0.2, 0.25) is 0 Å². The zero-order chi connectivity index (χ0) is 14.4. The van der Waals surface area contributed by atoms with Crippen molar-refractivity contribution in [2.75, 3.05) is 11.5 Å². The summed E-state index contributed by atoms with van der Waals surface area (Å²) < 4.78 is 6.20. The monoisotopic (exact) mass is 301 g/mol. The molecule has 1 amide bonds. The molecule has 114 valence electrons. The standard InChI is InChI=1S/C14H23NO4S/c16-10-15-12(13(17)18)4-8-20-9-11-3-7-14(19-11)5-1-2-6-14/h10-12H,1-9H2,(H,15,16)(H,17,18). The minimum absolute atomic E-state index is 0.175. The van der Waals surface area contributed by atoms with Crippen LogP contribution in [0.5, 0.6) is 0 Å². The van der Waals surface area contributed by atoms with E-state index in [9.17, 15) is 9.59 Å². The topological polar surface area (TPSA) is 75.6 Å². The van der Waals surface area contributed by atoms with E-state index in [1.165, 1.54) is 32.1 Å². The van der Waals surface area contributed by atoms with E-state index >= 15 is 0 Å². The number of rotatable bonds is 8. The molecule has 1 spiro atoms. The number of amides is 1. The quantitative estimate of drug-likeness (QED) is 0.528. The van der Waals surface area contributed by atoms with E-state index in [0.717, 1.165) is 17.9 Å². The maximum atomic E-state index is 10.9. The predicted octanol–water partition coefficient (Wildman–Crippen LogP) is 1.80. The lowest BCUT2D eigenvalue weighted by atomic mass is 9.98. The Morgan fingerprint density at radius 2 is 2.20 bits per heavy atom. The third kappa shape index (κ3) is 4.12. The second-order valence-corrected chi connectivity index (χ2v) is 6.86. The van der Waals surface area contributed by atoms with E-state index in [4.69, 9.17) is 9.84 Å². The molecular weight excluding hydrogens is 278 g/mol. The van der Waals surface area contributed by atoms with Gasteiger partial charge in [-0.25, -0.2) is 4.79 Å². The second kappa shape index (κ2) is 7.31. The lowest BCUT2D eigenvalue weighted by Gasteiger charge is -2.23. The molecule has 0 aromatic carbocycles. The molecule has 20 heavy (non-hydrogen) atoms. The molecule has 2 atom stereocenters. The summed E-state index contributed by atoms with van der Waals surface area (Å²) in [5.41, 5.74) is 0.175. The molecule has 2 aliphatic rings. The van der Waals surface area contributed by atoms with Crippen molar-refractivity contribution in [1.82, 2.24) is 5.32 Å². The van der Waals surface area contributed by atoms with Crippen LogP contribution in [0, 0.1) is 0 Å². The van der Waals surface area contributed by atoms with Crippen molar-refractivity contribution in [3.8, 4) is 0 Å². The van der Waals surface area contributed by atoms with Gasteiger partial charge in [-0.3, -0.25) is 4.79 Å². The van der Waals surface area contributed by atoms with Gasteiger partial charge in [-0.15, -0.1) is 0 Å². The van der Waals surface area contributed by atoms with Gasteiger partial charge < -0.3 is 15.2 Å². The number of carboxylic acid groups (broad SMARTS) is 1. The summed E-state index contributed by atoms with van der Waals surface area (Å²) in [7, 11) is 0. The van der Waals surface area contributed by atoms with Gasteiger partial charge in [-0.1, -0.05) is 12.8 Å². The molecule has 1 saturated carbocycles. The average Bonchev–Trinajstić information content (AvgIpc) is 3.04. The van der Waals surface area contributed by atoms with Crippen molar-refractivity contribution >= 4 is 24.1 Å². The molecule has 1 aliphatic heterocycles. The molecule has 0 radical (unpaired) electrons. The van der Waals surface area contributed by atoms with Gasteiger partial charge in [0, 0.05) is 5.75 Å². The molecule has 0 aromatic rings. The molecule has 6 heteroatoms. The van der Waals surface area contributed by atoms with Crippen LogP contribution in [0.3, 0.4) is 0 Å². The van der Waals surface area contributed by atoms with E-state index in [0.29, 0.717) is 18.9 Å². The van der Waals surface area contributed by atoms with Crippen LogP contribution in [0.4, 0.5) is 0 Å². The zero-order valence-corrected chi connectivity index (χ0v) is 12.5. The van der Waals surface area contributed by atoms with Crippen LogP contribution >= 0.6 is 11.8 Å². The largest absolute Gasteiger partial charge is 0.480 e. The number of hydrogen-bond acceptors (Lipinski definition) is 4. The lowest BCUT2D eigenvalue weighted by molar-refractivity contribution is -0.140. The predicted molar refractivity (Wildman–Crippen MR) is 77.9 cm³/mol. The van der Waals surface area contributed by atoms with Gasteiger partial charge in [-0.2, -0.15) is 11.8 Å². The lowest BCUT2D eigenvalue weighted by Crippen LogP contribution is -2.36. The minimum Gasteiger partial charge on any atom is -0.480 e. The van der Waals surface area contributed by atoms with Crippen molar-refractivity contribution in [3.63, 3.8) is 0 Å². The van der Waals surface area contributed by atoms with E-state index in [1.54, 1.807) is 11.8 Å². The van der Waals surface area contributed by atoms with Gasteiger partial charge in [0.05, 0.1) is 11.7 Å². The van der Waals surface area contributed by atoms with Crippen LogP contribution in [-0.4, -0.2) is 46.7 Å². The molecule has 1 aliphatic carbocycles. The third-order valence-corrected chi connectivity index (χ3v) is 5.41. The number of ether oxygens (including phenoxy) is 1. The number of hydrogen-bond donors (Lipinski definition) is 2. The number of nitrogens with one attached hydrogen (secondary N) is 1. The summed E-state index contributed by atoms with van der Waals surface area (Å²) in [5, 5.41) is 11.2. The van der Waals surface area contributed by atoms with Crippen molar-refractivity contribution in [2.24, 2.45) is 0 Å². The Labute approximate surface area is 123 Å². The van der Waals surface area contributed by atoms with Crippen LogP contribution in [0.25, 0.3) is 0 Å². The number of thioether (sulfide) groups is 1. The van der Waals surface area contributed by atoms with E-state index in [-0.39, 0.29) is 5.60 Å². The SMILES string of the molecule is O=CNC(CCSCC1CCC2(CCCC2)O1)C(=O)O. The van der Waals surface area contributed by atoms with E-state index in [2.05, 4.69) is 5.32 Å². The van der Waals surface area contributed by atoms with Gasteiger partial charge >= 0.3 is 5.97 Å². The Morgan fingerprint density at radius 3 is 2.85 bits per heavy atom. The fourth-order valence-electron chi connectivity index (χ4n) is 3.18. The Hall–Kier alpha value is -0.750.